The van der Waals surface area contributed by atoms with Crippen LogP contribution in [0.5, 0.6) is 0 Å². The van der Waals surface area contributed by atoms with Crippen LogP contribution in [0.4, 0.5) is 0 Å². The molecule has 0 aliphatic rings. The maximum Gasteiger partial charge on any atom is 0.266 e. The van der Waals surface area contributed by atoms with Crippen molar-refractivity contribution in [2.24, 2.45) is 0 Å². The molecule has 0 aliphatic heterocycles. The average molecular weight is 336 g/mol. The number of benzene rings is 1. The van der Waals surface area contributed by atoms with E-state index in [4.69, 9.17) is 23.2 Å². The minimum atomic E-state index is -3.87. The Hall–Kier alpha value is -1.08. The van der Waals surface area contributed by atoms with E-state index in [0.29, 0.717) is 5.02 Å². The first-order chi connectivity index (χ1) is 8.90. The van der Waals surface area contributed by atoms with Crippen LogP contribution in [0.25, 0.3) is 0 Å². The summed E-state index contributed by atoms with van der Waals surface area (Å²) in [5.41, 5.74) is 0.0462. The van der Waals surface area contributed by atoms with Crippen molar-refractivity contribution in [3.8, 4) is 0 Å². The van der Waals surface area contributed by atoms with Gasteiger partial charge in [0.2, 0.25) is 0 Å². The first-order valence-corrected chi connectivity index (χ1v) is 8.13. The van der Waals surface area contributed by atoms with Crippen molar-refractivity contribution in [2.45, 2.75) is 4.90 Å². The van der Waals surface area contributed by atoms with Crippen LogP contribution >= 0.6 is 34.5 Å². The van der Waals surface area contributed by atoms with Crippen LogP contribution in [-0.2, 0) is 10.0 Å². The number of carbonyl (C=O) groups excluding carboxylic acids is 1. The molecule has 0 saturated carbocycles. The zero-order chi connectivity index (χ0) is 14.0. The van der Waals surface area contributed by atoms with E-state index in [1.165, 1.54) is 41.0 Å². The van der Waals surface area contributed by atoms with Crippen molar-refractivity contribution in [3.05, 3.63) is 50.6 Å². The number of sulfonamides is 1. The summed E-state index contributed by atoms with van der Waals surface area (Å²) in [6.45, 7) is 0. The van der Waals surface area contributed by atoms with Crippen molar-refractivity contribution in [3.63, 3.8) is 0 Å². The summed E-state index contributed by atoms with van der Waals surface area (Å²) >= 11 is 12.8. The highest BCUT2D eigenvalue weighted by molar-refractivity contribution is 7.90. The molecule has 8 heteroatoms. The molecule has 0 spiro atoms. The summed E-state index contributed by atoms with van der Waals surface area (Å²) in [6.07, 6.45) is 0. The van der Waals surface area contributed by atoms with Gasteiger partial charge in [-0.2, -0.15) is 11.3 Å². The SMILES string of the molecule is O=C(NS(=O)(=O)c1ccsc1)c1ccc(Cl)cc1Cl. The van der Waals surface area contributed by atoms with Crippen LogP contribution in [0.1, 0.15) is 10.4 Å². The maximum atomic E-state index is 11.9. The molecule has 2 rings (SSSR count). The summed E-state index contributed by atoms with van der Waals surface area (Å²) in [5, 5.41) is 3.49. The second-order valence-corrected chi connectivity index (χ2v) is 6.82. The Balaban J connectivity index is 2.27. The topological polar surface area (TPSA) is 63.2 Å². The number of hydrogen-bond acceptors (Lipinski definition) is 4. The largest absolute Gasteiger partial charge is 0.268 e. The molecule has 0 bridgehead atoms. The van der Waals surface area contributed by atoms with Gasteiger partial charge < -0.3 is 0 Å². The quantitative estimate of drug-likeness (QED) is 0.936. The molecule has 1 N–H and O–H groups in total. The van der Waals surface area contributed by atoms with Crippen LogP contribution in [-0.4, -0.2) is 14.3 Å². The van der Waals surface area contributed by atoms with E-state index < -0.39 is 15.9 Å². The van der Waals surface area contributed by atoms with Crippen LogP contribution in [0.15, 0.2) is 39.9 Å². The van der Waals surface area contributed by atoms with Gasteiger partial charge >= 0.3 is 0 Å². The molecule has 100 valence electrons. The number of hydrogen-bond donors (Lipinski definition) is 1. The third-order valence-electron chi connectivity index (χ3n) is 2.21. The molecule has 1 amide bonds. The van der Waals surface area contributed by atoms with Crippen LogP contribution in [0, 0.1) is 0 Å². The molecule has 0 unspecified atom stereocenters. The molecule has 0 atom stereocenters. The molecule has 0 aliphatic carbocycles. The second-order valence-electron chi connectivity index (χ2n) is 3.52. The monoisotopic (exact) mass is 335 g/mol. The van der Waals surface area contributed by atoms with Gasteiger partial charge in [0.05, 0.1) is 15.5 Å². The number of carbonyl (C=O) groups is 1. The maximum absolute atomic E-state index is 11.9. The van der Waals surface area contributed by atoms with Gasteiger partial charge in [0.15, 0.2) is 0 Å². The van der Waals surface area contributed by atoms with E-state index in [0.717, 1.165) is 0 Å². The van der Waals surface area contributed by atoms with Crippen molar-refractivity contribution in [1.82, 2.24) is 4.72 Å². The van der Waals surface area contributed by atoms with Crippen molar-refractivity contribution in [1.29, 1.82) is 0 Å². The van der Waals surface area contributed by atoms with Gasteiger partial charge in [-0.05, 0) is 29.6 Å². The molecule has 1 aromatic heterocycles. The van der Waals surface area contributed by atoms with Crippen LogP contribution in [0.2, 0.25) is 10.0 Å². The molecule has 0 radical (unpaired) electrons. The summed E-state index contributed by atoms with van der Waals surface area (Å²) in [6, 6.07) is 5.60. The Bertz CT molecular complexity index is 712. The predicted octanol–water partition coefficient (Wildman–Crippen LogP) is 3.17. The molecule has 19 heavy (non-hydrogen) atoms. The molecule has 2 aromatic rings. The Morgan fingerprint density at radius 2 is 1.95 bits per heavy atom. The van der Waals surface area contributed by atoms with Crippen molar-refractivity contribution < 1.29 is 13.2 Å². The van der Waals surface area contributed by atoms with Crippen molar-refractivity contribution in [2.75, 3.05) is 0 Å². The number of halogens is 2. The van der Waals surface area contributed by atoms with Gasteiger partial charge in [0, 0.05) is 10.4 Å². The Morgan fingerprint density at radius 1 is 1.21 bits per heavy atom. The summed E-state index contributed by atoms with van der Waals surface area (Å²) in [7, 11) is -3.87. The third kappa shape index (κ3) is 3.27. The lowest BCUT2D eigenvalue weighted by molar-refractivity contribution is 0.0981. The highest BCUT2D eigenvalue weighted by Gasteiger charge is 2.20. The lowest BCUT2D eigenvalue weighted by Gasteiger charge is -2.06. The van der Waals surface area contributed by atoms with Gasteiger partial charge in [-0.3, -0.25) is 4.79 Å². The number of thiophene rings is 1. The zero-order valence-electron chi connectivity index (χ0n) is 9.26. The molecular formula is C11H7Cl2NO3S2. The number of nitrogens with one attached hydrogen (secondary N) is 1. The summed E-state index contributed by atoms with van der Waals surface area (Å²) in [5.74, 6) is -0.798. The Kier molecular flexibility index (Phi) is 4.15. The van der Waals surface area contributed by atoms with E-state index >= 15 is 0 Å². The predicted molar refractivity (Wildman–Crippen MR) is 75.4 cm³/mol. The molecular weight excluding hydrogens is 329 g/mol. The van der Waals surface area contributed by atoms with Gasteiger partial charge in [-0.1, -0.05) is 23.2 Å². The zero-order valence-corrected chi connectivity index (χ0v) is 12.4. The molecule has 1 aromatic carbocycles. The normalized spacial score (nSPS) is 11.3. The molecule has 0 saturated heterocycles. The van der Waals surface area contributed by atoms with E-state index in [1.807, 2.05) is 4.72 Å². The van der Waals surface area contributed by atoms with E-state index in [-0.39, 0.29) is 15.5 Å². The van der Waals surface area contributed by atoms with Gasteiger partial charge in [0.1, 0.15) is 0 Å². The lowest BCUT2D eigenvalue weighted by atomic mass is 10.2. The Morgan fingerprint density at radius 3 is 2.53 bits per heavy atom. The van der Waals surface area contributed by atoms with Gasteiger partial charge in [-0.15, -0.1) is 0 Å². The first-order valence-electron chi connectivity index (χ1n) is 4.94. The highest BCUT2D eigenvalue weighted by atomic mass is 35.5. The standard InChI is InChI=1S/C11H7Cl2NO3S2/c12-7-1-2-9(10(13)5-7)11(15)14-19(16,17)8-3-4-18-6-8/h1-6H,(H,14,15). The van der Waals surface area contributed by atoms with Crippen LogP contribution < -0.4 is 4.72 Å². The number of rotatable bonds is 3. The van der Waals surface area contributed by atoms with E-state index in [1.54, 1.807) is 5.38 Å². The minimum Gasteiger partial charge on any atom is -0.268 e. The lowest BCUT2D eigenvalue weighted by Crippen LogP contribution is -2.30. The summed E-state index contributed by atoms with van der Waals surface area (Å²) in [4.78, 5) is 11.9. The molecule has 0 fully saturated rings. The van der Waals surface area contributed by atoms with E-state index in [9.17, 15) is 13.2 Å². The fourth-order valence-electron chi connectivity index (χ4n) is 1.31. The molecule has 1 heterocycles. The second kappa shape index (κ2) is 5.50. The van der Waals surface area contributed by atoms with Crippen LogP contribution in [0.3, 0.4) is 0 Å². The minimum absolute atomic E-state index is 0.0379. The molecule has 4 nitrogen and oxygen atoms in total. The fraction of sp³-hybridized carbons (Fsp3) is 0. The highest BCUT2D eigenvalue weighted by Crippen LogP contribution is 2.21. The van der Waals surface area contributed by atoms with Crippen molar-refractivity contribution >= 4 is 50.5 Å². The first kappa shape index (κ1) is 14.3. The fourth-order valence-corrected chi connectivity index (χ4v) is 3.80. The third-order valence-corrected chi connectivity index (χ3v) is 4.92. The van der Waals surface area contributed by atoms with E-state index in [2.05, 4.69) is 0 Å². The Labute approximate surface area is 124 Å². The summed E-state index contributed by atoms with van der Waals surface area (Å²) < 4.78 is 25.7. The smallest absolute Gasteiger partial charge is 0.266 e. The number of amides is 1. The average Bonchev–Trinajstić information content (AvgIpc) is 2.81. The van der Waals surface area contributed by atoms with Gasteiger partial charge in [0.25, 0.3) is 15.9 Å². The van der Waals surface area contributed by atoms with Gasteiger partial charge in [-0.25, -0.2) is 13.1 Å².